The lowest BCUT2D eigenvalue weighted by Gasteiger charge is -2.34. The molecule has 0 bridgehead atoms. The molecule has 0 aliphatic rings. The highest BCUT2D eigenvalue weighted by atomic mass is 16.2. The van der Waals surface area contributed by atoms with Crippen molar-refractivity contribution in [2.45, 2.75) is 46.1 Å². The first-order valence-electron chi connectivity index (χ1n) is 5.86. The summed E-state index contributed by atoms with van der Waals surface area (Å²) in [6.45, 7) is 10.0. The molecule has 0 aromatic rings. The average Bonchev–Trinajstić information content (AvgIpc) is 2.28. The fourth-order valence-corrected chi connectivity index (χ4v) is 1.58. The molecule has 0 radical (unpaired) electrons. The van der Waals surface area contributed by atoms with Crippen LogP contribution in [0.25, 0.3) is 0 Å². The quantitative estimate of drug-likeness (QED) is 0.706. The highest BCUT2D eigenvalue weighted by Crippen LogP contribution is 2.13. The van der Waals surface area contributed by atoms with E-state index in [-0.39, 0.29) is 11.6 Å². The lowest BCUT2D eigenvalue weighted by molar-refractivity contribution is 0.185. The van der Waals surface area contributed by atoms with Crippen LogP contribution in [0.3, 0.4) is 0 Å². The van der Waals surface area contributed by atoms with Gasteiger partial charge in [0.05, 0.1) is 5.54 Å². The highest BCUT2D eigenvalue weighted by Gasteiger charge is 2.27. The third-order valence-corrected chi connectivity index (χ3v) is 3.17. The fraction of sp³-hybridized carbons (Fsp3) is 0.909. The number of nitrogens with two attached hydrogens (primary N) is 1. The van der Waals surface area contributed by atoms with Crippen LogP contribution in [0.2, 0.25) is 0 Å². The first-order chi connectivity index (χ1) is 7.09. The number of rotatable bonds is 6. The molecular weight excluding hydrogens is 190 g/mol. The second-order valence-corrected chi connectivity index (χ2v) is 3.79. The Labute approximate surface area is 93.2 Å². The minimum absolute atomic E-state index is 0.00542. The first kappa shape index (κ1) is 14.2. The molecule has 0 saturated heterocycles. The lowest BCUT2D eigenvalue weighted by atomic mass is 9.93. The van der Waals surface area contributed by atoms with Crippen molar-refractivity contribution >= 4 is 6.03 Å². The molecule has 0 aliphatic heterocycles. The number of nitrogens with zero attached hydrogens (tertiary/aromatic N) is 1. The number of carbonyl (C=O) groups excluding carboxylic acids is 1. The summed E-state index contributed by atoms with van der Waals surface area (Å²) in [4.78, 5) is 13.6. The van der Waals surface area contributed by atoms with E-state index >= 15 is 0 Å². The van der Waals surface area contributed by atoms with Crippen LogP contribution in [0.1, 0.15) is 40.5 Å². The summed E-state index contributed by atoms with van der Waals surface area (Å²) in [7, 11) is 0. The van der Waals surface area contributed by atoms with Crippen LogP contribution in [0, 0.1) is 0 Å². The summed E-state index contributed by atoms with van der Waals surface area (Å²) in [6, 6.07) is -0.00542. The van der Waals surface area contributed by atoms with E-state index in [2.05, 4.69) is 19.2 Å². The van der Waals surface area contributed by atoms with Crippen LogP contribution in [0.5, 0.6) is 0 Å². The molecule has 0 heterocycles. The maximum atomic E-state index is 11.9. The molecule has 4 nitrogen and oxygen atoms in total. The number of urea groups is 1. The molecule has 2 amide bonds. The van der Waals surface area contributed by atoms with Gasteiger partial charge < -0.3 is 16.0 Å². The number of amides is 2. The van der Waals surface area contributed by atoms with E-state index in [1.807, 2.05) is 13.8 Å². The smallest absolute Gasteiger partial charge is 0.317 e. The Morgan fingerprint density at radius 1 is 1.20 bits per heavy atom. The van der Waals surface area contributed by atoms with E-state index in [1.54, 1.807) is 4.90 Å². The van der Waals surface area contributed by atoms with Crippen molar-refractivity contribution in [3.05, 3.63) is 0 Å². The summed E-state index contributed by atoms with van der Waals surface area (Å²) < 4.78 is 0. The molecule has 0 atom stereocenters. The molecular formula is C11H25N3O. The van der Waals surface area contributed by atoms with Gasteiger partial charge in [0.2, 0.25) is 0 Å². The maximum Gasteiger partial charge on any atom is 0.317 e. The van der Waals surface area contributed by atoms with Crippen molar-refractivity contribution in [1.82, 2.24) is 10.2 Å². The molecule has 0 saturated carbocycles. The monoisotopic (exact) mass is 215 g/mol. The topological polar surface area (TPSA) is 58.4 Å². The zero-order valence-corrected chi connectivity index (χ0v) is 10.5. The molecule has 0 fully saturated rings. The summed E-state index contributed by atoms with van der Waals surface area (Å²) in [5.74, 6) is 0. The van der Waals surface area contributed by atoms with Crippen molar-refractivity contribution < 1.29 is 4.79 Å². The SMILES string of the molecule is CCN(CC)C(=O)NC(CC)(CC)CN. The van der Waals surface area contributed by atoms with E-state index in [9.17, 15) is 4.79 Å². The second-order valence-electron chi connectivity index (χ2n) is 3.79. The number of hydrogen-bond acceptors (Lipinski definition) is 2. The Morgan fingerprint density at radius 2 is 1.67 bits per heavy atom. The predicted molar refractivity (Wildman–Crippen MR) is 63.8 cm³/mol. The van der Waals surface area contributed by atoms with Crippen LogP contribution in [0.4, 0.5) is 4.79 Å². The molecule has 4 heteroatoms. The Balaban J connectivity index is 4.46. The van der Waals surface area contributed by atoms with Gasteiger partial charge >= 0.3 is 6.03 Å². The van der Waals surface area contributed by atoms with Crippen molar-refractivity contribution in [3.8, 4) is 0 Å². The summed E-state index contributed by atoms with van der Waals surface area (Å²) in [5.41, 5.74) is 5.49. The predicted octanol–water partition coefficient (Wildman–Crippen LogP) is 1.56. The zero-order valence-electron chi connectivity index (χ0n) is 10.5. The molecule has 0 rings (SSSR count). The minimum atomic E-state index is -0.236. The van der Waals surface area contributed by atoms with Gasteiger partial charge in [-0.25, -0.2) is 4.79 Å². The normalized spacial score (nSPS) is 11.3. The Bertz CT molecular complexity index is 178. The van der Waals surface area contributed by atoms with Crippen LogP contribution in [-0.4, -0.2) is 36.1 Å². The summed E-state index contributed by atoms with van der Waals surface area (Å²) in [6.07, 6.45) is 1.74. The zero-order chi connectivity index (χ0) is 11.9. The van der Waals surface area contributed by atoms with Crippen LogP contribution < -0.4 is 11.1 Å². The van der Waals surface area contributed by atoms with Crippen LogP contribution in [-0.2, 0) is 0 Å². The first-order valence-corrected chi connectivity index (χ1v) is 5.86. The molecule has 0 aliphatic carbocycles. The maximum absolute atomic E-state index is 11.9. The molecule has 0 aromatic heterocycles. The van der Waals surface area contributed by atoms with Gasteiger partial charge in [-0.2, -0.15) is 0 Å². The fourth-order valence-electron chi connectivity index (χ4n) is 1.58. The van der Waals surface area contributed by atoms with Gasteiger partial charge in [-0.05, 0) is 26.7 Å². The minimum Gasteiger partial charge on any atom is -0.331 e. The van der Waals surface area contributed by atoms with Crippen molar-refractivity contribution in [2.75, 3.05) is 19.6 Å². The Morgan fingerprint density at radius 3 is 1.93 bits per heavy atom. The number of carbonyl (C=O) groups is 1. The van der Waals surface area contributed by atoms with Crippen molar-refractivity contribution in [2.24, 2.45) is 5.73 Å². The Kier molecular flexibility index (Phi) is 6.32. The number of hydrogen-bond donors (Lipinski definition) is 2. The molecule has 3 N–H and O–H groups in total. The van der Waals surface area contributed by atoms with E-state index in [4.69, 9.17) is 5.73 Å². The third-order valence-electron chi connectivity index (χ3n) is 3.17. The molecule has 0 spiro atoms. The van der Waals surface area contributed by atoms with Gasteiger partial charge in [0.1, 0.15) is 0 Å². The summed E-state index contributed by atoms with van der Waals surface area (Å²) >= 11 is 0. The van der Waals surface area contributed by atoms with Gasteiger partial charge in [-0.1, -0.05) is 13.8 Å². The summed E-state index contributed by atoms with van der Waals surface area (Å²) in [5, 5.41) is 3.04. The van der Waals surface area contributed by atoms with Crippen molar-refractivity contribution in [3.63, 3.8) is 0 Å². The van der Waals surface area contributed by atoms with Crippen LogP contribution >= 0.6 is 0 Å². The standard InChI is InChI=1S/C11H25N3O/c1-5-11(6-2,9-12)13-10(15)14(7-3)8-4/h5-9,12H2,1-4H3,(H,13,15). The third kappa shape index (κ3) is 3.70. The van der Waals surface area contributed by atoms with E-state index in [0.717, 1.165) is 25.9 Å². The average molecular weight is 215 g/mol. The van der Waals surface area contributed by atoms with Crippen LogP contribution in [0.15, 0.2) is 0 Å². The van der Waals surface area contributed by atoms with Gasteiger partial charge in [-0.15, -0.1) is 0 Å². The number of nitrogens with one attached hydrogen (secondary N) is 1. The largest absolute Gasteiger partial charge is 0.331 e. The molecule has 90 valence electrons. The van der Waals surface area contributed by atoms with E-state index < -0.39 is 0 Å². The molecule has 0 unspecified atom stereocenters. The molecule has 0 aromatic carbocycles. The van der Waals surface area contributed by atoms with Gasteiger partial charge in [0.15, 0.2) is 0 Å². The van der Waals surface area contributed by atoms with Gasteiger partial charge in [0, 0.05) is 19.6 Å². The van der Waals surface area contributed by atoms with E-state index in [1.165, 1.54) is 0 Å². The van der Waals surface area contributed by atoms with Crippen molar-refractivity contribution in [1.29, 1.82) is 0 Å². The second kappa shape index (κ2) is 6.67. The molecule has 15 heavy (non-hydrogen) atoms. The van der Waals surface area contributed by atoms with Gasteiger partial charge in [0.25, 0.3) is 0 Å². The lowest BCUT2D eigenvalue weighted by Crippen LogP contribution is -2.56. The Hall–Kier alpha value is -0.770. The highest BCUT2D eigenvalue weighted by molar-refractivity contribution is 5.75. The van der Waals surface area contributed by atoms with Gasteiger partial charge in [-0.3, -0.25) is 0 Å². The van der Waals surface area contributed by atoms with E-state index in [0.29, 0.717) is 6.54 Å².